The van der Waals surface area contributed by atoms with Gasteiger partial charge in [0.05, 0.1) is 0 Å². The number of phenolic OH excluding ortho intramolecular Hbond substituents is 1. The zero-order chi connectivity index (χ0) is 31.3. The van der Waals surface area contributed by atoms with Crippen LogP contribution in [0.5, 0.6) is 5.75 Å². The Balaban J connectivity index is 0.000000171. The Kier molecular flexibility index (Phi) is 9.66. The minimum absolute atomic E-state index is 0. The molecule has 0 unspecified atom stereocenters. The summed E-state index contributed by atoms with van der Waals surface area (Å²) < 4.78 is 0. The molecule has 0 atom stereocenters. The van der Waals surface area contributed by atoms with Crippen LogP contribution in [-0.2, 0) is 21.1 Å². The molecule has 8 rings (SSSR count). The molecule has 1 N–H and O–H groups in total. The van der Waals surface area contributed by atoms with Crippen LogP contribution in [0.3, 0.4) is 0 Å². The number of hydrogen-bond acceptors (Lipinski definition) is 3. The van der Waals surface area contributed by atoms with E-state index in [2.05, 4.69) is 83.6 Å². The first-order chi connectivity index (χ1) is 22.7. The molecule has 0 aliphatic carbocycles. The van der Waals surface area contributed by atoms with E-state index >= 15 is 0 Å². The van der Waals surface area contributed by atoms with Crippen molar-refractivity contribution in [1.82, 2.24) is 9.97 Å². The number of aromatic hydroxyl groups is 1. The predicted octanol–water partition coefficient (Wildman–Crippen LogP) is 10.9. The maximum atomic E-state index is 10.5. The van der Waals surface area contributed by atoms with E-state index in [0.29, 0.717) is 5.75 Å². The van der Waals surface area contributed by atoms with E-state index < -0.39 is 0 Å². The molecule has 0 aliphatic rings. The molecule has 4 heteroatoms. The van der Waals surface area contributed by atoms with Crippen molar-refractivity contribution in [2.24, 2.45) is 0 Å². The van der Waals surface area contributed by atoms with Gasteiger partial charge in [-0.3, -0.25) is 9.97 Å². The fourth-order valence-electron chi connectivity index (χ4n) is 5.88. The number of benzene rings is 6. The largest absolute Gasteiger partial charge is 0.507 e. The molecule has 47 heavy (non-hydrogen) atoms. The summed E-state index contributed by atoms with van der Waals surface area (Å²) in [5, 5.41) is 15.1. The average molecular weight is 787 g/mol. The number of pyridine rings is 2. The molecule has 6 aromatic carbocycles. The zero-order valence-electron chi connectivity index (χ0n) is 25.7. The number of phenols is 1. The minimum atomic E-state index is 0. The molecule has 0 radical (unpaired) electrons. The molecule has 0 aliphatic heterocycles. The van der Waals surface area contributed by atoms with Gasteiger partial charge >= 0.3 is 0 Å². The van der Waals surface area contributed by atoms with Crippen molar-refractivity contribution in [2.75, 3.05) is 0 Å². The number of para-hydroxylation sites is 1. The van der Waals surface area contributed by atoms with Crippen molar-refractivity contribution in [1.29, 1.82) is 0 Å². The number of nitrogens with zero attached hydrogens (tertiary/aromatic N) is 2. The Morgan fingerprint density at radius 2 is 0.915 bits per heavy atom. The number of rotatable bonds is 4. The van der Waals surface area contributed by atoms with Crippen LogP contribution in [0.4, 0.5) is 0 Å². The zero-order valence-corrected chi connectivity index (χ0v) is 28.0. The third-order valence-corrected chi connectivity index (χ3v) is 8.08. The first-order valence-electron chi connectivity index (χ1n) is 15.3. The van der Waals surface area contributed by atoms with Gasteiger partial charge in [0.15, 0.2) is 0 Å². The van der Waals surface area contributed by atoms with Crippen molar-refractivity contribution < 1.29 is 26.2 Å². The maximum Gasteiger partial charge on any atom is 0.131 e. The monoisotopic (exact) mass is 786 g/mol. The topological polar surface area (TPSA) is 46.0 Å². The molecule has 2 aromatic heterocycles. The maximum absolute atomic E-state index is 10.5. The van der Waals surface area contributed by atoms with Crippen molar-refractivity contribution in [3.63, 3.8) is 0 Å². The van der Waals surface area contributed by atoms with Gasteiger partial charge < -0.3 is 5.11 Å². The van der Waals surface area contributed by atoms with Crippen molar-refractivity contribution in [3.8, 4) is 50.5 Å². The summed E-state index contributed by atoms with van der Waals surface area (Å²) in [6.45, 7) is 2.11. The van der Waals surface area contributed by atoms with Crippen LogP contribution >= 0.6 is 0 Å². The van der Waals surface area contributed by atoms with Gasteiger partial charge in [-0.2, -0.15) is 0 Å². The standard InChI is InChI=1S/C25H17N2.C18H14O.Pt/c1-17-14-20(24-22-8-4-2-6-18(22)10-12-26-24)16-21(15-17)25-23-9-5-3-7-19(23)11-13-27-25;19-18-16(14-8-3-1-4-9-14)12-7-13-17(18)15-10-5-2-6-11-15;/h2-15H,1H3;1-13,19H;/q-1;;. The van der Waals surface area contributed by atoms with Gasteiger partial charge in [-0.05, 0) is 44.8 Å². The first kappa shape index (κ1) is 31.6. The van der Waals surface area contributed by atoms with Crippen molar-refractivity contribution >= 4 is 21.5 Å². The van der Waals surface area contributed by atoms with E-state index in [0.717, 1.165) is 55.5 Å². The summed E-state index contributed by atoms with van der Waals surface area (Å²) in [6.07, 6.45) is 3.73. The Hall–Kier alpha value is -5.37. The number of aryl methyl sites for hydroxylation is 1. The molecule has 0 saturated heterocycles. The number of hydrogen-bond donors (Lipinski definition) is 1. The summed E-state index contributed by atoms with van der Waals surface area (Å²) in [6, 6.07) is 54.3. The fraction of sp³-hybridized carbons (Fsp3) is 0.0233. The van der Waals surface area contributed by atoms with Gasteiger partial charge in [0.25, 0.3) is 0 Å². The summed E-state index contributed by atoms with van der Waals surface area (Å²) in [5.41, 5.74) is 8.85. The third-order valence-electron chi connectivity index (χ3n) is 8.08. The van der Waals surface area contributed by atoms with Crippen LogP contribution < -0.4 is 0 Å². The molecular weight excluding hydrogens is 756 g/mol. The predicted molar refractivity (Wildman–Crippen MR) is 190 cm³/mol. The van der Waals surface area contributed by atoms with E-state index in [9.17, 15) is 5.11 Å². The quantitative estimate of drug-likeness (QED) is 0.181. The second kappa shape index (κ2) is 14.4. The molecular formula is C43H31N2OPt-. The summed E-state index contributed by atoms with van der Waals surface area (Å²) in [5.74, 6) is 0.333. The Bertz CT molecular complexity index is 2120. The molecule has 230 valence electrons. The Labute approximate surface area is 289 Å². The summed E-state index contributed by atoms with van der Waals surface area (Å²) >= 11 is 0. The van der Waals surface area contributed by atoms with Crippen molar-refractivity contribution in [3.05, 3.63) is 176 Å². The summed E-state index contributed by atoms with van der Waals surface area (Å²) in [7, 11) is 0. The van der Waals surface area contributed by atoms with Crippen LogP contribution in [0, 0.1) is 13.0 Å². The van der Waals surface area contributed by atoms with Crippen LogP contribution in [0.1, 0.15) is 5.56 Å². The van der Waals surface area contributed by atoms with Gasteiger partial charge in [0.1, 0.15) is 5.75 Å². The molecule has 0 spiro atoms. The number of fused-ring (bicyclic) bond motifs is 2. The normalized spacial score (nSPS) is 10.6. The molecule has 0 saturated carbocycles. The van der Waals surface area contributed by atoms with Crippen LogP contribution in [-0.4, -0.2) is 15.1 Å². The van der Waals surface area contributed by atoms with Crippen LogP contribution in [0.15, 0.2) is 164 Å². The van der Waals surface area contributed by atoms with Gasteiger partial charge in [0.2, 0.25) is 0 Å². The van der Waals surface area contributed by atoms with Gasteiger partial charge in [-0.25, -0.2) is 0 Å². The fourth-order valence-corrected chi connectivity index (χ4v) is 5.88. The average Bonchev–Trinajstić information content (AvgIpc) is 3.12. The van der Waals surface area contributed by atoms with Crippen LogP contribution in [0.2, 0.25) is 0 Å². The minimum Gasteiger partial charge on any atom is -0.507 e. The second-order valence-electron chi connectivity index (χ2n) is 11.2. The SMILES string of the molecule is Cc1cc(-c2nccc3ccccc23)[c-]c(-c2nccc3ccccc23)c1.Oc1c(-c2ccccc2)cccc1-c1ccccc1.[Pt]. The summed E-state index contributed by atoms with van der Waals surface area (Å²) in [4.78, 5) is 9.33. The molecule has 2 heterocycles. The van der Waals surface area contributed by atoms with Gasteiger partial charge in [0, 0.05) is 56.0 Å². The van der Waals surface area contributed by atoms with Crippen LogP contribution in [0.25, 0.3) is 66.3 Å². The third kappa shape index (κ3) is 6.77. The molecule has 0 amide bonds. The van der Waals surface area contributed by atoms with E-state index in [-0.39, 0.29) is 21.1 Å². The van der Waals surface area contributed by atoms with Crippen molar-refractivity contribution in [2.45, 2.75) is 6.92 Å². The van der Waals surface area contributed by atoms with E-state index in [1.807, 2.05) is 103 Å². The molecule has 3 nitrogen and oxygen atoms in total. The van der Waals surface area contributed by atoms with Gasteiger partial charge in [-0.15, -0.1) is 23.8 Å². The second-order valence-corrected chi connectivity index (χ2v) is 11.2. The Morgan fingerprint density at radius 3 is 1.38 bits per heavy atom. The first-order valence-corrected chi connectivity index (χ1v) is 15.3. The molecule has 0 fully saturated rings. The van der Waals surface area contributed by atoms with E-state index in [4.69, 9.17) is 0 Å². The molecule has 8 aromatic rings. The Morgan fingerprint density at radius 1 is 0.489 bits per heavy atom. The number of aromatic nitrogens is 2. The molecule has 0 bridgehead atoms. The van der Waals surface area contributed by atoms with E-state index in [1.165, 1.54) is 16.3 Å². The van der Waals surface area contributed by atoms with Gasteiger partial charge in [-0.1, -0.05) is 145 Å². The van der Waals surface area contributed by atoms with E-state index in [1.54, 1.807) is 0 Å². The smallest absolute Gasteiger partial charge is 0.131 e.